The third-order valence-electron chi connectivity index (χ3n) is 5.31. The van der Waals surface area contributed by atoms with Crippen molar-refractivity contribution in [2.24, 2.45) is 0 Å². The fraction of sp³-hybridized carbons (Fsp3) is 0.130. The molecule has 2 aromatic heterocycles. The van der Waals surface area contributed by atoms with Crippen molar-refractivity contribution in [1.82, 2.24) is 14.3 Å². The van der Waals surface area contributed by atoms with Gasteiger partial charge in [0.05, 0.1) is 18.4 Å². The number of benzene rings is 2. The Morgan fingerprint density at radius 1 is 1.08 bits per heavy atom. The van der Waals surface area contributed by atoms with Gasteiger partial charge in [0, 0.05) is 39.9 Å². The second-order valence-corrected chi connectivity index (χ2v) is 9.64. The number of fused-ring (bicyclic) bond motifs is 1. The first-order valence-corrected chi connectivity index (χ1v) is 12.0. The van der Waals surface area contributed by atoms with E-state index in [9.17, 15) is 40.0 Å². The van der Waals surface area contributed by atoms with Gasteiger partial charge in [-0.25, -0.2) is 21.9 Å². The lowest BCUT2D eigenvalue weighted by Crippen LogP contribution is -2.32. The predicted molar refractivity (Wildman–Crippen MR) is 121 cm³/mol. The number of hydrogen-bond acceptors (Lipinski definition) is 4. The van der Waals surface area contributed by atoms with Crippen molar-refractivity contribution in [3.05, 3.63) is 93.5 Å². The number of sulfonamides is 1. The number of halogens is 5. The average molecular weight is 525 g/mol. The summed E-state index contributed by atoms with van der Waals surface area (Å²) in [6.45, 7) is -0.495. The van der Waals surface area contributed by atoms with Crippen molar-refractivity contribution in [2.45, 2.75) is 12.7 Å². The molecule has 0 unspecified atom stereocenters. The molecule has 0 spiro atoms. The topological polar surface area (TPSA) is 101 Å². The van der Waals surface area contributed by atoms with Crippen LogP contribution in [0.1, 0.15) is 21.6 Å². The number of nitrogens with one attached hydrogen (secondary N) is 2. The van der Waals surface area contributed by atoms with Gasteiger partial charge in [0.2, 0.25) is 10.0 Å². The van der Waals surface area contributed by atoms with Crippen LogP contribution < -0.4 is 10.3 Å². The van der Waals surface area contributed by atoms with E-state index in [1.54, 1.807) is 4.72 Å². The van der Waals surface area contributed by atoms with Crippen molar-refractivity contribution < 1.29 is 35.2 Å². The summed E-state index contributed by atoms with van der Waals surface area (Å²) in [6, 6.07) is 7.69. The molecule has 2 heterocycles. The molecule has 1 amide bonds. The normalized spacial score (nSPS) is 12.2. The Kier molecular flexibility index (Phi) is 6.20. The van der Waals surface area contributed by atoms with E-state index in [0.717, 1.165) is 28.8 Å². The van der Waals surface area contributed by atoms with Crippen LogP contribution in [0.15, 0.2) is 59.5 Å². The Labute approximate surface area is 200 Å². The molecule has 4 rings (SSSR count). The number of H-pyrrole nitrogens is 1. The zero-order chi connectivity index (χ0) is 26.4. The summed E-state index contributed by atoms with van der Waals surface area (Å²) in [4.78, 5) is 28.2. The maximum atomic E-state index is 14.5. The van der Waals surface area contributed by atoms with E-state index in [1.807, 2.05) is 0 Å². The van der Waals surface area contributed by atoms with Gasteiger partial charge in [0.25, 0.3) is 11.5 Å². The van der Waals surface area contributed by atoms with Gasteiger partial charge in [-0.2, -0.15) is 13.2 Å². The number of nitrogens with zero attached hydrogens (tertiary/aromatic N) is 1. The van der Waals surface area contributed by atoms with Crippen LogP contribution in [0, 0.1) is 11.6 Å². The summed E-state index contributed by atoms with van der Waals surface area (Å²) in [5.41, 5.74) is -3.05. The minimum atomic E-state index is -4.78. The number of alkyl halides is 3. The highest BCUT2D eigenvalue weighted by Crippen LogP contribution is 2.38. The van der Waals surface area contributed by atoms with E-state index in [4.69, 9.17) is 0 Å². The molecular formula is C23H16F5N3O4S. The van der Waals surface area contributed by atoms with Crippen LogP contribution in [-0.4, -0.2) is 30.1 Å². The first kappa shape index (κ1) is 25.1. The van der Waals surface area contributed by atoms with E-state index in [1.165, 1.54) is 18.3 Å². The van der Waals surface area contributed by atoms with Gasteiger partial charge >= 0.3 is 6.18 Å². The van der Waals surface area contributed by atoms with Crippen LogP contribution in [0.2, 0.25) is 0 Å². The molecule has 2 N–H and O–H groups in total. The highest BCUT2D eigenvalue weighted by atomic mass is 32.2. The molecule has 36 heavy (non-hydrogen) atoms. The minimum absolute atomic E-state index is 0.0244. The standard InChI is InChI=1S/C23H16F5N3O4S/c1-36(34,35)30-22(33)20-19(15-3-2-8-29-21(15)32)16-9-13(23(26,27)28)5-7-18(16)31(20)11-12-4-6-14(24)10-17(12)25/h2-10H,11H2,1H3,(H,29,32)(H,30,33). The first-order chi connectivity index (χ1) is 16.8. The maximum absolute atomic E-state index is 14.5. The van der Waals surface area contributed by atoms with Gasteiger partial charge in [-0.1, -0.05) is 6.07 Å². The number of rotatable bonds is 5. The molecule has 0 fully saturated rings. The maximum Gasteiger partial charge on any atom is 0.416 e. The Balaban J connectivity index is 2.13. The van der Waals surface area contributed by atoms with E-state index in [0.29, 0.717) is 18.4 Å². The Bertz CT molecular complexity index is 1670. The van der Waals surface area contributed by atoms with E-state index < -0.39 is 57.1 Å². The summed E-state index contributed by atoms with van der Waals surface area (Å²) < 4.78 is 95.0. The van der Waals surface area contributed by atoms with E-state index in [-0.39, 0.29) is 27.6 Å². The molecule has 0 aliphatic heterocycles. The highest BCUT2D eigenvalue weighted by molar-refractivity contribution is 7.89. The van der Waals surface area contributed by atoms with E-state index >= 15 is 0 Å². The van der Waals surface area contributed by atoms with Crippen LogP contribution in [0.25, 0.3) is 22.0 Å². The lowest BCUT2D eigenvalue weighted by atomic mass is 10.0. The highest BCUT2D eigenvalue weighted by Gasteiger charge is 2.33. The fourth-order valence-electron chi connectivity index (χ4n) is 3.86. The van der Waals surface area contributed by atoms with Crippen LogP contribution in [0.3, 0.4) is 0 Å². The Hall–Kier alpha value is -4.00. The molecule has 0 radical (unpaired) electrons. The smallest absolute Gasteiger partial charge is 0.331 e. The lowest BCUT2D eigenvalue weighted by molar-refractivity contribution is -0.137. The third-order valence-corrected chi connectivity index (χ3v) is 5.87. The van der Waals surface area contributed by atoms with Gasteiger partial charge in [-0.15, -0.1) is 0 Å². The largest absolute Gasteiger partial charge is 0.416 e. The fourth-order valence-corrected chi connectivity index (χ4v) is 4.29. The van der Waals surface area contributed by atoms with E-state index in [2.05, 4.69) is 4.98 Å². The minimum Gasteiger partial charge on any atom is -0.331 e. The lowest BCUT2D eigenvalue weighted by Gasteiger charge is -2.13. The number of carbonyl (C=O) groups excluding carboxylic acids is 1. The van der Waals surface area contributed by atoms with Crippen molar-refractivity contribution in [3.63, 3.8) is 0 Å². The number of aromatic nitrogens is 2. The van der Waals surface area contributed by atoms with Gasteiger partial charge in [-0.3, -0.25) is 9.59 Å². The second-order valence-electron chi connectivity index (χ2n) is 7.89. The quantitative estimate of drug-likeness (QED) is 0.384. The zero-order valence-electron chi connectivity index (χ0n) is 18.3. The number of pyridine rings is 1. The molecule has 188 valence electrons. The monoisotopic (exact) mass is 525 g/mol. The molecule has 0 bridgehead atoms. The summed E-state index contributed by atoms with van der Waals surface area (Å²) in [7, 11) is -4.16. The van der Waals surface area contributed by atoms with Crippen molar-refractivity contribution in [2.75, 3.05) is 6.26 Å². The molecule has 7 nitrogen and oxygen atoms in total. The molecule has 2 aromatic carbocycles. The summed E-state index contributed by atoms with van der Waals surface area (Å²) in [5.74, 6) is -3.14. The molecule has 4 aromatic rings. The van der Waals surface area contributed by atoms with Crippen molar-refractivity contribution >= 4 is 26.8 Å². The molecule has 0 atom stereocenters. The average Bonchev–Trinajstić information content (AvgIpc) is 3.08. The van der Waals surface area contributed by atoms with Gasteiger partial charge < -0.3 is 9.55 Å². The third kappa shape index (κ3) is 4.87. The summed E-state index contributed by atoms with van der Waals surface area (Å²) in [6.07, 6.45) is -2.83. The number of hydrogen-bond donors (Lipinski definition) is 2. The first-order valence-electron chi connectivity index (χ1n) is 10.1. The zero-order valence-corrected chi connectivity index (χ0v) is 19.1. The number of carbonyl (C=O) groups is 1. The van der Waals surface area contributed by atoms with Crippen molar-refractivity contribution in [3.8, 4) is 11.1 Å². The van der Waals surface area contributed by atoms with Crippen LogP contribution in [0.4, 0.5) is 22.0 Å². The number of amides is 1. The van der Waals surface area contributed by atoms with Crippen LogP contribution in [0.5, 0.6) is 0 Å². The van der Waals surface area contributed by atoms with Gasteiger partial charge in [0.15, 0.2) is 0 Å². The molecular weight excluding hydrogens is 509 g/mol. The second kappa shape index (κ2) is 8.90. The molecule has 0 aliphatic carbocycles. The van der Waals surface area contributed by atoms with Gasteiger partial charge in [-0.05, 0) is 36.4 Å². The summed E-state index contributed by atoms with van der Waals surface area (Å²) >= 11 is 0. The molecule has 13 heteroatoms. The van der Waals surface area contributed by atoms with Gasteiger partial charge in [0.1, 0.15) is 17.3 Å². The molecule has 0 saturated carbocycles. The Morgan fingerprint density at radius 3 is 2.42 bits per heavy atom. The van der Waals surface area contributed by atoms with Crippen LogP contribution in [-0.2, 0) is 22.7 Å². The Morgan fingerprint density at radius 2 is 1.81 bits per heavy atom. The predicted octanol–water partition coefficient (Wildman–Crippen LogP) is 4.03. The molecule has 0 saturated heterocycles. The molecule has 0 aliphatic rings. The summed E-state index contributed by atoms with van der Waals surface area (Å²) in [5, 5.41) is -0.206. The number of aromatic amines is 1. The van der Waals surface area contributed by atoms with Crippen LogP contribution >= 0.6 is 0 Å². The SMILES string of the molecule is CS(=O)(=O)NC(=O)c1c(-c2ccc[nH]c2=O)c2cc(C(F)(F)F)ccc2n1Cc1ccc(F)cc1F. The van der Waals surface area contributed by atoms with Crippen molar-refractivity contribution in [1.29, 1.82) is 0 Å².